The van der Waals surface area contributed by atoms with Gasteiger partial charge < -0.3 is 29.5 Å². The number of benzene rings is 2. The third-order valence-electron chi connectivity index (χ3n) is 10.5. The lowest BCUT2D eigenvalue weighted by molar-refractivity contribution is -0.143. The zero-order valence-electron chi connectivity index (χ0n) is 26.6. The van der Waals surface area contributed by atoms with Crippen LogP contribution >= 0.6 is 0 Å². The van der Waals surface area contributed by atoms with Crippen molar-refractivity contribution in [2.45, 2.75) is 75.0 Å². The number of aromatic nitrogens is 3. The minimum Gasteiger partial charge on any atom is -0.396 e. The number of aryl methyl sites for hydroxylation is 1. The summed E-state index contributed by atoms with van der Waals surface area (Å²) in [6.07, 6.45) is 3.51. The second kappa shape index (κ2) is 11.5. The Kier molecular flexibility index (Phi) is 7.77. The maximum Gasteiger partial charge on any atom is 0.261 e. The highest BCUT2D eigenvalue weighted by molar-refractivity contribution is 6.72. The predicted octanol–water partition coefficient (Wildman–Crippen LogP) is 3.56. The van der Waals surface area contributed by atoms with E-state index in [4.69, 9.17) is 4.74 Å². The number of hydrogen-bond acceptors (Lipinski definition) is 8. The molecule has 7 rings (SSSR count). The third-order valence-corrected chi connectivity index (χ3v) is 13.0. The van der Waals surface area contributed by atoms with E-state index in [1.54, 1.807) is 24.0 Å². The van der Waals surface area contributed by atoms with Crippen LogP contribution < -0.4 is 20.4 Å². The molecule has 3 aromatic rings. The molecule has 2 amide bonds. The number of amides is 2. The number of halogens is 1. The van der Waals surface area contributed by atoms with Gasteiger partial charge in [-0.1, -0.05) is 30.3 Å². The van der Waals surface area contributed by atoms with Crippen molar-refractivity contribution in [3.05, 3.63) is 66.0 Å². The minimum absolute atomic E-state index is 0.0177. The molecule has 2 aromatic carbocycles. The van der Waals surface area contributed by atoms with Crippen LogP contribution in [0.15, 0.2) is 54.7 Å². The van der Waals surface area contributed by atoms with Crippen LogP contribution in [0.25, 0.3) is 0 Å². The van der Waals surface area contributed by atoms with Gasteiger partial charge in [0, 0.05) is 59.9 Å². The number of carbonyl (C=O) groups excluding carboxylic acids is 2. The standard InChI is InChI=1S/C33H42FN7O4Si/c1-22-29(46(2,3)34)28(11-17-39-20-23(12-18-42)37-38-39)45-33(22)26-19-25(9-10-27(26)36-30(33)43)40-21-41(24-7-5-4-6-8-24)32(31(40)44)13-15-35-16-14-32/h4-10,19-20,22,28-29,35,42H,11-18,21H2,1-3H3,(H,36,43)/t22-,28+,29-,33+/m0/s1. The van der Waals surface area contributed by atoms with Crippen LogP contribution in [-0.4, -0.2) is 78.3 Å². The number of nitrogens with zero attached hydrogens (tertiary/aromatic N) is 5. The van der Waals surface area contributed by atoms with Crippen LogP contribution in [0.4, 0.5) is 21.2 Å². The number of para-hydroxylation sites is 1. The van der Waals surface area contributed by atoms with Gasteiger partial charge in [-0.3, -0.25) is 19.2 Å². The fourth-order valence-electron chi connectivity index (χ4n) is 8.40. The van der Waals surface area contributed by atoms with Crippen LogP contribution in [0.5, 0.6) is 0 Å². The van der Waals surface area contributed by atoms with Gasteiger partial charge in [-0.05, 0) is 75.8 Å². The van der Waals surface area contributed by atoms with E-state index in [0.29, 0.717) is 61.5 Å². The normalized spacial score (nSPS) is 27.2. The van der Waals surface area contributed by atoms with E-state index < -0.39 is 37.1 Å². The number of fused-ring (bicyclic) bond motifs is 2. The Morgan fingerprint density at radius 1 is 1.11 bits per heavy atom. The molecule has 11 nitrogen and oxygen atoms in total. The Hall–Kier alpha value is -3.65. The topological polar surface area (TPSA) is 125 Å². The van der Waals surface area contributed by atoms with Crippen molar-refractivity contribution < 1.29 is 23.5 Å². The second-order valence-electron chi connectivity index (χ2n) is 13.6. The zero-order chi connectivity index (χ0) is 32.3. The summed E-state index contributed by atoms with van der Waals surface area (Å²) in [4.78, 5) is 32.3. The molecule has 3 fully saturated rings. The number of aliphatic hydroxyl groups is 1. The molecule has 13 heteroatoms. The Morgan fingerprint density at radius 2 is 1.87 bits per heavy atom. The summed E-state index contributed by atoms with van der Waals surface area (Å²) in [5, 5.41) is 23.9. The summed E-state index contributed by atoms with van der Waals surface area (Å²) in [6, 6.07) is 15.7. The van der Waals surface area contributed by atoms with Crippen molar-refractivity contribution in [1.82, 2.24) is 20.3 Å². The zero-order valence-corrected chi connectivity index (χ0v) is 27.6. The van der Waals surface area contributed by atoms with E-state index in [1.165, 1.54) is 0 Å². The average molecular weight is 648 g/mol. The van der Waals surface area contributed by atoms with Crippen molar-refractivity contribution in [3.8, 4) is 0 Å². The Bertz CT molecular complexity index is 1630. The molecule has 3 N–H and O–H groups in total. The van der Waals surface area contributed by atoms with Crippen LogP contribution in [0.1, 0.15) is 37.4 Å². The van der Waals surface area contributed by atoms with Crippen molar-refractivity contribution in [2.75, 3.05) is 41.5 Å². The average Bonchev–Trinajstić information content (AvgIpc) is 3.76. The highest BCUT2D eigenvalue weighted by Crippen LogP contribution is 2.59. The van der Waals surface area contributed by atoms with Crippen LogP contribution in [0.2, 0.25) is 18.6 Å². The fourth-order valence-corrected chi connectivity index (χ4v) is 10.9. The molecule has 46 heavy (non-hydrogen) atoms. The quantitative estimate of drug-likeness (QED) is 0.251. The molecule has 1 aromatic heterocycles. The Balaban J connectivity index is 1.22. The van der Waals surface area contributed by atoms with Crippen LogP contribution in [0.3, 0.4) is 0 Å². The van der Waals surface area contributed by atoms with Crippen molar-refractivity contribution in [2.24, 2.45) is 5.92 Å². The molecule has 2 spiro atoms. The first-order chi connectivity index (χ1) is 22.1. The molecule has 0 radical (unpaired) electrons. The number of hydrogen-bond donors (Lipinski definition) is 3. The van der Waals surface area contributed by atoms with Gasteiger partial charge in [-0.25, -0.2) is 0 Å². The molecule has 4 atom stereocenters. The van der Waals surface area contributed by atoms with E-state index >= 15 is 4.11 Å². The molecule has 4 aliphatic heterocycles. The molecule has 0 unspecified atom stereocenters. The van der Waals surface area contributed by atoms with Gasteiger partial charge in [0.25, 0.3) is 11.8 Å². The first kappa shape index (κ1) is 31.0. The third kappa shape index (κ3) is 4.86. The maximum absolute atomic E-state index is 16.1. The van der Waals surface area contributed by atoms with Gasteiger partial charge in [0.05, 0.1) is 18.5 Å². The fraction of sp³-hybridized carbons (Fsp3) is 0.515. The van der Waals surface area contributed by atoms with Crippen molar-refractivity contribution in [3.63, 3.8) is 0 Å². The molecule has 0 saturated carbocycles. The number of carbonyl (C=O) groups is 2. The summed E-state index contributed by atoms with van der Waals surface area (Å²) in [6.45, 7) is 7.61. The predicted molar refractivity (Wildman–Crippen MR) is 175 cm³/mol. The van der Waals surface area contributed by atoms with Crippen molar-refractivity contribution in [1.29, 1.82) is 0 Å². The molecule has 4 aliphatic rings. The van der Waals surface area contributed by atoms with E-state index in [2.05, 4.69) is 25.8 Å². The maximum atomic E-state index is 16.1. The first-order valence-corrected chi connectivity index (χ1v) is 19.2. The number of anilines is 3. The second-order valence-corrected chi connectivity index (χ2v) is 17.4. The highest BCUT2D eigenvalue weighted by atomic mass is 28.4. The highest BCUT2D eigenvalue weighted by Gasteiger charge is 2.65. The molecule has 5 heterocycles. The summed E-state index contributed by atoms with van der Waals surface area (Å²) in [7, 11) is -3.32. The summed E-state index contributed by atoms with van der Waals surface area (Å²) in [5.74, 6) is -0.685. The van der Waals surface area contributed by atoms with E-state index in [1.807, 2.05) is 60.4 Å². The lowest BCUT2D eigenvalue weighted by atomic mass is 9.82. The van der Waals surface area contributed by atoms with Gasteiger partial charge >= 0.3 is 0 Å². The molecule has 0 aliphatic carbocycles. The van der Waals surface area contributed by atoms with Gasteiger partial charge in [0.1, 0.15) is 5.54 Å². The largest absolute Gasteiger partial charge is 0.396 e. The lowest BCUT2D eigenvalue weighted by Crippen LogP contribution is -2.55. The van der Waals surface area contributed by atoms with Crippen molar-refractivity contribution >= 4 is 37.3 Å². The minimum atomic E-state index is -3.32. The van der Waals surface area contributed by atoms with Gasteiger partial charge in [-0.2, -0.15) is 0 Å². The number of ether oxygens (including phenoxy) is 1. The first-order valence-electron chi connectivity index (χ1n) is 16.3. The van der Waals surface area contributed by atoms with E-state index in [0.717, 1.165) is 18.8 Å². The Morgan fingerprint density at radius 3 is 2.59 bits per heavy atom. The molecular formula is C33H42FN7O4Si. The van der Waals surface area contributed by atoms with Crippen LogP contribution in [0, 0.1) is 5.92 Å². The summed E-state index contributed by atoms with van der Waals surface area (Å²) in [5.41, 5.74) is 1.18. The molecule has 0 bridgehead atoms. The monoisotopic (exact) mass is 647 g/mol. The SMILES string of the molecule is C[C@H]1[C@H]([Si](C)(C)F)[C@@H](CCn2cc(CCO)nn2)O[C@]12C(=O)Nc1ccc(N3CN(c4ccccc4)C4(CCNCC4)C3=O)cc12. The summed E-state index contributed by atoms with van der Waals surface area (Å²) >= 11 is 0. The van der Waals surface area contributed by atoms with E-state index in [-0.39, 0.29) is 18.4 Å². The number of rotatable bonds is 8. The smallest absolute Gasteiger partial charge is 0.261 e. The van der Waals surface area contributed by atoms with Gasteiger partial charge in [0.15, 0.2) is 5.60 Å². The molecule has 3 saturated heterocycles. The Labute approximate surface area is 269 Å². The lowest BCUT2D eigenvalue weighted by Gasteiger charge is -2.39. The summed E-state index contributed by atoms with van der Waals surface area (Å²) < 4.78 is 24.6. The van der Waals surface area contributed by atoms with Gasteiger partial charge in [-0.15, -0.1) is 5.10 Å². The molecule has 244 valence electrons. The van der Waals surface area contributed by atoms with E-state index in [9.17, 15) is 14.7 Å². The van der Waals surface area contributed by atoms with Gasteiger partial charge in [0.2, 0.25) is 8.41 Å². The number of piperidine rings is 1. The number of aliphatic hydroxyl groups excluding tert-OH is 1. The molecular weight excluding hydrogens is 605 g/mol. The van der Waals surface area contributed by atoms with Crippen LogP contribution in [-0.2, 0) is 32.9 Å². The number of nitrogens with one attached hydrogen (secondary N) is 2.